The van der Waals surface area contributed by atoms with E-state index in [-0.39, 0.29) is 17.9 Å². The lowest BCUT2D eigenvalue weighted by molar-refractivity contribution is -0.128. The van der Waals surface area contributed by atoms with E-state index in [1.807, 2.05) is 7.05 Å². The third-order valence-electron chi connectivity index (χ3n) is 2.70. The fourth-order valence-corrected chi connectivity index (χ4v) is 1.77. The van der Waals surface area contributed by atoms with Gasteiger partial charge in [-0.3, -0.25) is 9.59 Å². The Bertz CT molecular complexity index is 243. The summed E-state index contributed by atoms with van der Waals surface area (Å²) in [5.41, 5.74) is 0. The third kappa shape index (κ3) is 4.61. The van der Waals surface area contributed by atoms with E-state index >= 15 is 0 Å². The maximum absolute atomic E-state index is 11.5. The van der Waals surface area contributed by atoms with Crippen LogP contribution in [0.15, 0.2) is 0 Å². The minimum atomic E-state index is -0.329. The summed E-state index contributed by atoms with van der Waals surface area (Å²) in [6, 6.07) is -0.329. The highest BCUT2D eigenvalue weighted by molar-refractivity contribution is 5.87. The largest absolute Gasteiger partial charge is 0.354 e. The predicted octanol–water partition coefficient (Wildman–Crippen LogP) is -0.229. The Morgan fingerprint density at radius 3 is 3.06 bits per heavy atom. The topological polar surface area (TPSA) is 70.2 Å². The first-order chi connectivity index (χ1) is 7.74. The molecule has 1 aliphatic rings. The van der Waals surface area contributed by atoms with Crippen LogP contribution in [0.1, 0.15) is 32.1 Å². The van der Waals surface area contributed by atoms with E-state index in [0.29, 0.717) is 6.42 Å². The SMILES string of the molecule is CNCCCC(=O)NC1CCCCNC1=O. The maximum Gasteiger partial charge on any atom is 0.242 e. The standard InChI is InChI=1S/C11H21N3O2/c1-12-7-4-6-10(15)14-9-5-2-3-8-13-11(9)16/h9,12H,2-8H2,1H3,(H,13,16)(H,14,15). The molecule has 1 aliphatic heterocycles. The van der Waals surface area contributed by atoms with Gasteiger partial charge in [0.05, 0.1) is 0 Å². The van der Waals surface area contributed by atoms with Crippen molar-refractivity contribution in [2.45, 2.75) is 38.1 Å². The van der Waals surface area contributed by atoms with Crippen LogP contribution in [0.2, 0.25) is 0 Å². The Kier molecular flexibility index (Phi) is 5.85. The molecule has 3 N–H and O–H groups in total. The molecular formula is C11H21N3O2. The van der Waals surface area contributed by atoms with Gasteiger partial charge in [0.2, 0.25) is 11.8 Å². The molecule has 0 radical (unpaired) electrons. The molecule has 16 heavy (non-hydrogen) atoms. The van der Waals surface area contributed by atoms with Crippen molar-refractivity contribution in [1.82, 2.24) is 16.0 Å². The third-order valence-corrected chi connectivity index (χ3v) is 2.70. The molecule has 0 aromatic rings. The Morgan fingerprint density at radius 1 is 1.50 bits per heavy atom. The van der Waals surface area contributed by atoms with E-state index in [1.54, 1.807) is 0 Å². The number of amides is 2. The van der Waals surface area contributed by atoms with E-state index in [1.165, 1.54) is 0 Å². The number of carbonyl (C=O) groups excluding carboxylic acids is 2. The molecule has 1 rings (SSSR count). The number of hydrogen-bond acceptors (Lipinski definition) is 3. The van der Waals surface area contributed by atoms with Crippen molar-refractivity contribution in [3.63, 3.8) is 0 Å². The van der Waals surface area contributed by atoms with Crippen molar-refractivity contribution < 1.29 is 9.59 Å². The zero-order valence-corrected chi connectivity index (χ0v) is 9.84. The van der Waals surface area contributed by atoms with Crippen LogP contribution in [-0.4, -0.2) is 38.0 Å². The van der Waals surface area contributed by atoms with Gasteiger partial charge in [-0.2, -0.15) is 0 Å². The Balaban J connectivity index is 2.27. The first-order valence-corrected chi connectivity index (χ1v) is 5.95. The second kappa shape index (κ2) is 7.22. The van der Waals surface area contributed by atoms with Gasteiger partial charge in [0.15, 0.2) is 0 Å². The zero-order chi connectivity index (χ0) is 11.8. The normalized spacial score (nSPS) is 21.1. The molecular weight excluding hydrogens is 206 g/mol. The van der Waals surface area contributed by atoms with Crippen LogP contribution < -0.4 is 16.0 Å². The second-order valence-electron chi connectivity index (χ2n) is 4.11. The van der Waals surface area contributed by atoms with Crippen LogP contribution in [0.3, 0.4) is 0 Å². The van der Waals surface area contributed by atoms with Gasteiger partial charge in [0.25, 0.3) is 0 Å². The van der Waals surface area contributed by atoms with Crippen molar-refractivity contribution in [2.75, 3.05) is 20.1 Å². The van der Waals surface area contributed by atoms with E-state index in [0.717, 1.165) is 38.8 Å². The van der Waals surface area contributed by atoms with Gasteiger partial charge in [-0.25, -0.2) is 0 Å². The number of carbonyl (C=O) groups is 2. The molecule has 0 aromatic carbocycles. The summed E-state index contributed by atoms with van der Waals surface area (Å²) in [6.07, 6.45) is 4.02. The van der Waals surface area contributed by atoms with Crippen LogP contribution in [0, 0.1) is 0 Å². The van der Waals surface area contributed by atoms with Crippen LogP contribution in [-0.2, 0) is 9.59 Å². The van der Waals surface area contributed by atoms with Crippen molar-refractivity contribution in [3.8, 4) is 0 Å². The fourth-order valence-electron chi connectivity index (χ4n) is 1.77. The Labute approximate surface area is 96.4 Å². The molecule has 0 bridgehead atoms. The summed E-state index contributed by atoms with van der Waals surface area (Å²) in [5.74, 6) is -0.0724. The maximum atomic E-state index is 11.5. The minimum Gasteiger partial charge on any atom is -0.354 e. The molecule has 0 saturated carbocycles. The van der Waals surface area contributed by atoms with Crippen molar-refractivity contribution in [2.24, 2.45) is 0 Å². The zero-order valence-electron chi connectivity index (χ0n) is 9.84. The van der Waals surface area contributed by atoms with Gasteiger partial charge < -0.3 is 16.0 Å². The predicted molar refractivity (Wildman–Crippen MR) is 62.0 cm³/mol. The van der Waals surface area contributed by atoms with Crippen molar-refractivity contribution in [3.05, 3.63) is 0 Å². The number of nitrogens with one attached hydrogen (secondary N) is 3. The Hall–Kier alpha value is -1.10. The molecule has 5 heteroatoms. The summed E-state index contributed by atoms with van der Waals surface area (Å²) in [4.78, 5) is 23.1. The average Bonchev–Trinajstić information content (AvgIpc) is 2.45. The molecule has 1 unspecified atom stereocenters. The highest BCUT2D eigenvalue weighted by atomic mass is 16.2. The van der Waals surface area contributed by atoms with Crippen molar-refractivity contribution >= 4 is 11.8 Å². The van der Waals surface area contributed by atoms with Gasteiger partial charge >= 0.3 is 0 Å². The van der Waals surface area contributed by atoms with E-state index in [4.69, 9.17) is 0 Å². The highest BCUT2D eigenvalue weighted by Crippen LogP contribution is 2.05. The van der Waals surface area contributed by atoms with Crippen LogP contribution >= 0.6 is 0 Å². The van der Waals surface area contributed by atoms with E-state index in [2.05, 4.69) is 16.0 Å². The molecule has 2 amide bonds. The Morgan fingerprint density at radius 2 is 2.31 bits per heavy atom. The minimum absolute atomic E-state index is 0.0303. The van der Waals surface area contributed by atoms with Crippen LogP contribution in [0.25, 0.3) is 0 Å². The summed E-state index contributed by atoms with van der Waals surface area (Å²) in [5, 5.41) is 8.58. The first kappa shape index (κ1) is 13.0. The molecule has 1 saturated heterocycles. The van der Waals surface area contributed by atoms with E-state index < -0.39 is 0 Å². The lowest BCUT2D eigenvalue weighted by Crippen LogP contribution is -2.45. The van der Waals surface area contributed by atoms with Gasteiger partial charge in [-0.05, 0) is 39.3 Å². The van der Waals surface area contributed by atoms with Gasteiger partial charge in [0.1, 0.15) is 6.04 Å². The van der Waals surface area contributed by atoms with Crippen LogP contribution in [0.5, 0.6) is 0 Å². The molecule has 0 aliphatic carbocycles. The summed E-state index contributed by atoms with van der Waals surface area (Å²) >= 11 is 0. The average molecular weight is 227 g/mol. The fraction of sp³-hybridized carbons (Fsp3) is 0.818. The molecule has 1 heterocycles. The molecule has 0 spiro atoms. The monoisotopic (exact) mass is 227 g/mol. The first-order valence-electron chi connectivity index (χ1n) is 5.95. The number of hydrogen-bond donors (Lipinski definition) is 3. The molecule has 5 nitrogen and oxygen atoms in total. The van der Waals surface area contributed by atoms with Gasteiger partial charge in [-0.1, -0.05) is 0 Å². The van der Waals surface area contributed by atoms with Gasteiger partial charge in [0, 0.05) is 13.0 Å². The van der Waals surface area contributed by atoms with Crippen LogP contribution in [0.4, 0.5) is 0 Å². The highest BCUT2D eigenvalue weighted by Gasteiger charge is 2.21. The molecule has 1 atom stereocenters. The smallest absolute Gasteiger partial charge is 0.242 e. The lowest BCUT2D eigenvalue weighted by Gasteiger charge is -2.14. The second-order valence-corrected chi connectivity index (χ2v) is 4.11. The lowest BCUT2D eigenvalue weighted by atomic mass is 10.1. The summed E-state index contributed by atoms with van der Waals surface area (Å²) in [6.45, 7) is 1.55. The number of rotatable bonds is 5. The van der Waals surface area contributed by atoms with E-state index in [9.17, 15) is 9.59 Å². The molecule has 1 fully saturated rings. The van der Waals surface area contributed by atoms with Gasteiger partial charge in [-0.15, -0.1) is 0 Å². The van der Waals surface area contributed by atoms with Crippen molar-refractivity contribution in [1.29, 1.82) is 0 Å². The molecule has 92 valence electrons. The molecule has 0 aromatic heterocycles. The quantitative estimate of drug-likeness (QED) is 0.568. The summed E-state index contributed by atoms with van der Waals surface area (Å²) in [7, 11) is 1.86. The summed E-state index contributed by atoms with van der Waals surface area (Å²) < 4.78 is 0.